The van der Waals surface area contributed by atoms with Gasteiger partial charge in [0.1, 0.15) is 17.3 Å². The highest BCUT2D eigenvalue weighted by Gasteiger charge is 2.05. The molecule has 1 heterocycles. The number of anilines is 1. The standard InChI is InChI=1S/C20H17FN2O2/c21-16-7-9-18(10-8-16)25-19-5-1-3-15(13-19)6-11-20(24)23-17-4-2-12-22-14-17/h1-5,7-10,12-14H,6,11H2,(H,23,24). The predicted molar refractivity (Wildman–Crippen MR) is 94.1 cm³/mol. The minimum Gasteiger partial charge on any atom is -0.457 e. The van der Waals surface area contributed by atoms with Crippen molar-refractivity contribution in [2.45, 2.75) is 12.8 Å². The topological polar surface area (TPSA) is 51.2 Å². The first-order valence-electron chi connectivity index (χ1n) is 7.91. The number of nitrogens with zero attached hydrogens (tertiary/aromatic N) is 1. The molecule has 5 heteroatoms. The average Bonchev–Trinajstić information content (AvgIpc) is 2.63. The third-order valence-electron chi connectivity index (χ3n) is 3.53. The van der Waals surface area contributed by atoms with Gasteiger partial charge in [-0.05, 0) is 60.5 Å². The molecule has 25 heavy (non-hydrogen) atoms. The Hall–Kier alpha value is -3.21. The van der Waals surface area contributed by atoms with E-state index in [0.717, 1.165) is 5.56 Å². The molecule has 0 saturated carbocycles. The molecule has 0 atom stereocenters. The zero-order valence-electron chi connectivity index (χ0n) is 13.5. The van der Waals surface area contributed by atoms with Crippen molar-refractivity contribution in [1.82, 2.24) is 4.98 Å². The Morgan fingerprint density at radius 3 is 2.64 bits per heavy atom. The summed E-state index contributed by atoms with van der Waals surface area (Å²) in [5.74, 6) is 0.836. The Kier molecular flexibility index (Phi) is 5.36. The normalized spacial score (nSPS) is 10.3. The van der Waals surface area contributed by atoms with E-state index in [1.54, 1.807) is 36.7 Å². The van der Waals surface area contributed by atoms with Gasteiger partial charge in [-0.1, -0.05) is 12.1 Å². The zero-order valence-corrected chi connectivity index (χ0v) is 13.5. The SMILES string of the molecule is O=C(CCc1cccc(Oc2ccc(F)cc2)c1)Nc1cccnc1. The summed E-state index contributed by atoms with van der Waals surface area (Å²) in [4.78, 5) is 15.9. The summed E-state index contributed by atoms with van der Waals surface area (Å²) in [6, 6.07) is 16.9. The maximum atomic E-state index is 12.9. The molecular weight excluding hydrogens is 319 g/mol. The molecule has 1 N–H and O–H groups in total. The van der Waals surface area contributed by atoms with Gasteiger partial charge in [-0.15, -0.1) is 0 Å². The fourth-order valence-corrected chi connectivity index (χ4v) is 2.32. The fraction of sp³-hybridized carbons (Fsp3) is 0.100. The number of hydrogen-bond acceptors (Lipinski definition) is 3. The number of rotatable bonds is 6. The summed E-state index contributed by atoms with van der Waals surface area (Å²) in [6.07, 6.45) is 4.21. The van der Waals surface area contributed by atoms with Crippen molar-refractivity contribution >= 4 is 11.6 Å². The Balaban J connectivity index is 1.56. The van der Waals surface area contributed by atoms with E-state index in [4.69, 9.17) is 4.74 Å². The molecule has 0 aliphatic rings. The van der Waals surface area contributed by atoms with Gasteiger partial charge in [-0.2, -0.15) is 0 Å². The summed E-state index contributed by atoms with van der Waals surface area (Å²) in [6.45, 7) is 0. The van der Waals surface area contributed by atoms with Crippen LogP contribution in [0.3, 0.4) is 0 Å². The van der Waals surface area contributed by atoms with Crippen LogP contribution in [0.5, 0.6) is 11.5 Å². The molecule has 0 unspecified atom stereocenters. The van der Waals surface area contributed by atoms with Gasteiger partial charge in [0.15, 0.2) is 0 Å². The van der Waals surface area contributed by atoms with Crippen LogP contribution in [-0.2, 0) is 11.2 Å². The highest BCUT2D eigenvalue weighted by atomic mass is 19.1. The van der Waals surface area contributed by atoms with Crippen LogP contribution < -0.4 is 10.1 Å². The van der Waals surface area contributed by atoms with Crippen molar-refractivity contribution < 1.29 is 13.9 Å². The molecule has 0 aliphatic heterocycles. The van der Waals surface area contributed by atoms with Crippen molar-refractivity contribution in [2.24, 2.45) is 0 Å². The summed E-state index contributed by atoms with van der Waals surface area (Å²) >= 11 is 0. The van der Waals surface area contributed by atoms with E-state index in [-0.39, 0.29) is 11.7 Å². The highest BCUT2D eigenvalue weighted by Crippen LogP contribution is 2.23. The van der Waals surface area contributed by atoms with Gasteiger partial charge in [0.05, 0.1) is 11.9 Å². The van der Waals surface area contributed by atoms with Gasteiger partial charge in [0.2, 0.25) is 5.91 Å². The number of halogens is 1. The van der Waals surface area contributed by atoms with E-state index in [1.165, 1.54) is 12.1 Å². The van der Waals surface area contributed by atoms with Gasteiger partial charge in [0, 0.05) is 12.6 Å². The van der Waals surface area contributed by atoms with Crippen LogP contribution in [0.2, 0.25) is 0 Å². The number of pyridine rings is 1. The molecule has 2 aromatic carbocycles. The first kappa shape index (κ1) is 16.6. The van der Waals surface area contributed by atoms with E-state index in [9.17, 15) is 9.18 Å². The predicted octanol–water partition coefficient (Wildman–Crippen LogP) is 4.58. The highest BCUT2D eigenvalue weighted by molar-refractivity contribution is 5.90. The number of benzene rings is 2. The minimum absolute atomic E-state index is 0.0714. The molecule has 4 nitrogen and oxygen atoms in total. The number of hydrogen-bond donors (Lipinski definition) is 1. The van der Waals surface area contributed by atoms with Crippen molar-refractivity contribution in [2.75, 3.05) is 5.32 Å². The molecular formula is C20H17FN2O2. The number of aryl methyl sites for hydroxylation is 1. The summed E-state index contributed by atoms with van der Waals surface area (Å²) < 4.78 is 18.6. The Morgan fingerprint density at radius 1 is 1.04 bits per heavy atom. The quantitative estimate of drug-likeness (QED) is 0.716. The lowest BCUT2D eigenvalue weighted by Gasteiger charge is -2.08. The Morgan fingerprint density at radius 2 is 1.88 bits per heavy atom. The maximum Gasteiger partial charge on any atom is 0.224 e. The van der Waals surface area contributed by atoms with Crippen molar-refractivity contribution in [1.29, 1.82) is 0 Å². The number of aromatic nitrogens is 1. The maximum absolute atomic E-state index is 12.9. The number of amides is 1. The van der Waals surface area contributed by atoms with Gasteiger partial charge in [0.25, 0.3) is 0 Å². The second-order valence-electron chi connectivity index (χ2n) is 5.49. The van der Waals surface area contributed by atoms with Crippen LogP contribution in [0.15, 0.2) is 73.1 Å². The van der Waals surface area contributed by atoms with Crippen molar-refractivity contribution in [3.05, 3.63) is 84.4 Å². The van der Waals surface area contributed by atoms with E-state index in [2.05, 4.69) is 10.3 Å². The van der Waals surface area contributed by atoms with Crippen molar-refractivity contribution in [3.63, 3.8) is 0 Å². The lowest BCUT2D eigenvalue weighted by molar-refractivity contribution is -0.116. The first-order valence-corrected chi connectivity index (χ1v) is 7.91. The molecule has 0 saturated heterocycles. The van der Waals surface area contributed by atoms with Gasteiger partial charge in [-0.25, -0.2) is 4.39 Å². The van der Waals surface area contributed by atoms with Crippen LogP contribution in [-0.4, -0.2) is 10.9 Å². The van der Waals surface area contributed by atoms with Gasteiger partial charge < -0.3 is 10.1 Å². The summed E-state index contributed by atoms with van der Waals surface area (Å²) in [7, 11) is 0. The Bertz CT molecular complexity index is 836. The second-order valence-corrected chi connectivity index (χ2v) is 5.49. The molecule has 0 radical (unpaired) electrons. The summed E-state index contributed by atoms with van der Waals surface area (Å²) in [5.41, 5.74) is 1.67. The fourth-order valence-electron chi connectivity index (χ4n) is 2.32. The van der Waals surface area contributed by atoms with E-state index < -0.39 is 0 Å². The van der Waals surface area contributed by atoms with E-state index in [0.29, 0.717) is 30.0 Å². The van der Waals surface area contributed by atoms with E-state index >= 15 is 0 Å². The number of nitrogens with one attached hydrogen (secondary N) is 1. The molecule has 0 spiro atoms. The van der Waals surface area contributed by atoms with Crippen molar-refractivity contribution in [3.8, 4) is 11.5 Å². The van der Waals surface area contributed by atoms with Crippen LogP contribution in [0.1, 0.15) is 12.0 Å². The zero-order chi connectivity index (χ0) is 17.5. The van der Waals surface area contributed by atoms with E-state index in [1.807, 2.05) is 24.3 Å². The number of carbonyl (C=O) groups excluding carboxylic acids is 1. The lowest BCUT2D eigenvalue weighted by Crippen LogP contribution is -2.12. The lowest BCUT2D eigenvalue weighted by atomic mass is 10.1. The molecule has 3 aromatic rings. The molecule has 1 amide bonds. The molecule has 0 aliphatic carbocycles. The minimum atomic E-state index is -0.305. The largest absolute Gasteiger partial charge is 0.457 e. The van der Waals surface area contributed by atoms with Crippen LogP contribution >= 0.6 is 0 Å². The third-order valence-corrected chi connectivity index (χ3v) is 3.53. The molecule has 0 fully saturated rings. The number of ether oxygens (including phenoxy) is 1. The number of carbonyl (C=O) groups is 1. The van der Waals surface area contributed by atoms with Crippen LogP contribution in [0, 0.1) is 5.82 Å². The first-order chi connectivity index (χ1) is 12.2. The molecule has 126 valence electrons. The average molecular weight is 336 g/mol. The van der Waals surface area contributed by atoms with Crippen LogP contribution in [0.4, 0.5) is 10.1 Å². The molecule has 3 rings (SSSR count). The second kappa shape index (κ2) is 8.06. The van der Waals surface area contributed by atoms with Gasteiger partial charge in [-0.3, -0.25) is 9.78 Å². The molecule has 1 aromatic heterocycles. The molecule has 0 bridgehead atoms. The third kappa shape index (κ3) is 5.14. The van der Waals surface area contributed by atoms with Crippen LogP contribution in [0.25, 0.3) is 0 Å². The monoisotopic (exact) mass is 336 g/mol. The summed E-state index contributed by atoms with van der Waals surface area (Å²) in [5, 5.41) is 2.80. The smallest absolute Gasteiger partial charge is 0.224 e. The Labute approximate surface area is 145 Å². The van der Waals surface area contributed by atoms with Gasteiger partial charge >= 0.3 is 0 Å².